The fourth-order valence-electron chi connectivity index (χ4n) is 4.44. The van der Waals surface area contributed by atoms with Gasteiger partial charge in [-0.15, -0.1) is 0 Å². The zero-order chi connectivity index (χ0) is 19.4. The van der Waals surface area contributed by atoms with Crippen LogP contribution in [0.2, 0.25) is 0 Å². The van der Waals surface area contributed by atoms with Crippen molar-refractivity contribution in [1.82, 2.24) is 9.80 Å². The molecule has 3 rings (SSSR count). The van der Waals surface area contributed by atoms with Crippen LogP contribution >= 0.6 is 0 Å². The van der Waals surface area contributed by atoms with Gasteiger partial charge >= 0.3 is 5.97 Å². The van der Waals surface area contributed by atoms with Crippen LogP contribution in [0, 0.1) is 5.41 Å². The summed E-state index contributed by atoms with van der Waals surface area (Å²) in [6.45, 7) is 2.12. The van der Waals surface area contributed by atoms with Gasteiger partial charge in [0.05, 0.1) is 19.4 Å². The Balaban J connectivity index is 1.63. The molecule has 0 unspecified atom stereocenters. The maximum absolute atomic E-state index is 12.7. The Hall–Kier alpha value is -2.37. The number of esters is 1. The lowest BCUT2D eigenvalue weighted by atomic mass is 9.67. The molecule has 0 bridgehead atoms. The van der Waals surface area contributed by atoms with Gasteiger partial charge in [-0.1, -0.05) is 30.3 Å². The molecule has 2 heterocycles. The van der Waals surface area contributed by atoms with E-state index in [-0.39, 0.29) is 42.0 Å². The zero-order valence-corrected chi connectivity index (χ0v) is 16.1. The van der Waals surface area contributed by atoms with Crippen molar-refractivity contribution in [3.63, 3.8) is 0 Å². The first-order valence-corrected chi connectivity index (χ1v) is 9.59. The first kappa shape index (κ1) is 19.4. The molecule has 0 N–H and O–H groups in total. The highest BCUT2D eigenvalue weighted by Gasteiger charge is 2.45. The minimum absolute atomic E-state index is 0.00935. The summed E-state index contributed by atoms with van der Waals surface area (Å²) in [5.41, 5.74) is 1.13. The third-order valence-corrected chi connectivity index (χ3v) is 6.03. The minimum atomic E-state index is -0.352. The number of hydrogen-bond acceptors (Lipinski definition) is 4. The molecule has 2 aliphatic heterocycles. The Morgan fingerprint density at radius 2 is 1.81 bits per heavy atom. The number of benzene rings is 1. The van der Waals surface area contributed by atoms with Crippen molar-refractivity contribution in [2.45, 2.75) is 38.0 Å². The predicted molar refractivity (Wildman–Crippen MR) is 101 cm³/mol. The van der Waals surface area contributed by atoms with Gasteiger partial charge in [0.1, 0.15) is 0 Å². The van der Waals surface area contributed by atoms with Crippen molar-refractivity contribution >= 4 is 17.8 Å². The van der Waals surface area contributed by atoms with E-state index in [4.69, 9.17) is 0 Å². The highest BCUT2D eigenvalue weighted by atomic mass is 16.5. The average molecular weight is 372 g/mol. The summed E-state index contributed by atoms with van der Waals surface area (Å²) in [4.78, 5) is 40.0. The van der Waals surface area contributed by atoms with Crippen molar-refractivity contribution in [1.29, 1.82) is 0 Å². The van der Waals surface area contributed by atoms with E-state index in [1.807, 2.05) is 47.2 Å². The third kappa shape index (κ3) is 4.31. The van der Waals surface area contributed by atoms with Gasteiger partial charge in [-0.2, -0.15) is 0 Å². The van der Waals surface area contributed by atoms with E-state index in [1.54, 1.807) is 0 Å². The molecule has 146 valence electrons. The molecule has 0 saturated carbocycles. The highest BCUT2D eigenvalue weighted by molar-refractivity contribution is 5.84. The number of nitrogens with zero attached hydrogens (tertiary/aromatic N) is 2. The summed E-state index contributed by atoms with van der Waals surface area (Å²) in [6.07, 6.45) is 2.94. The van der Waals surface area contributed by atoms with Crippen molar-refractivity contribution in [2.24, 2.45) is 5.41 Å². The SMILES string of the molecule is COC(=O)CCC(=O)N1CCC2(CC1)C[C@@H](c1ccccc1)C(=O)N(C)C2. The lowest BCUT2D eigenvalue weighted by molar-refractivity contribution is -0.145. The zero-order valence-electron chi connectivity index (χ0n) is 16.1. The molecule has 6 heteroatoms. The lowest BCUT2D eigenvalue weighted by Crippen LogP contribution is -2.53. The fourth-order valence-corrected chi connectivity index (χ4v) is 4.44. The molecule has 1 atom stereocenters. The number of carbonyl (C=O) groups excluding carboxylic acids is 3. The van der Waals surface area contributed by atoms with Gasteiger partial charge < -0.3 is 14.5 Å². The van der Waals surface area contributed by atoms with Crippen molar-refractivity contribution in [3.05, 3.63) is 35.9 Å². The van der Waals surface area contributed by atoms with Gasteiger partial charge in [0.25, 0.3) is 0 Å². The fraction of sp³-hybridized carbons (Fsp3) is 0.571. The lowest BCUT2D eigenvalue weighted by Gasteiger charge is -2.49. The quantitative estimate of drug-likeness (QED) is 0.760. The monoisotopic (exact) mass is 372 g/mol. The number of piperidine rings is 2. The smallest absolute Gasteiger partial charge is 0.306 e. The first-order valence-electron chi connectivity index (χ1n) is 9.59. The topological polar surface area (TPSA) is 66.9 Å². The number of methoxy groups -OCH3 is 1. The number of carbonyl (C=O) groups is 3. The van der Waals surface area contributed by atoms with Crippen LogP contribution < -0.4 is 0 Å². The maximum atomic E-state index is 12.7. The number of rotatable bonds is 4. The summed E-state index contributed by atoms with van der Waals surface area (Å²) < 4.78 is 4.61. The van der Waals surface area contributed by atoms with Crippen LogP contribution in [0.15, 0.2) is 30.3 Å². The second kappa shape index (κ2) is 8.11. The molecule has 2 saturated heterocycles. The van der Waals surface area contributed by atoms with Crippen molar-refractivity contribution in [2.75, 3.05) is 33.8 Å². The second-order valence-corrected chi connectivity index (χ2v) is 7.82. The maximum Gasteiger partial charge on any atom is 0.306 e. The molecular weight excluding hydrogens is 344 g/mol. The summed E-state index contributed by atoms with van der Waals surface area (Å²) in [5.74, 6) is -0.264. The van der Waals surface area contributed by atoms with Crippen LogP contribution in [-0.4, -0.2) is 61.4 Å². The number of hydrogen-bond donors (Lipinski definition) is 0. The van der Waals surface area contributed by atoms with Crippen LogP contribution in [0.5, 0.6) is 0 Å². The summed E-state index contributed by atoms with van der Waals surface area (Å²) in [7, 11) is 3.22. The number of likely N-dealkylation sites (tertiary alicyclic amines) is 2. The molecule has 2 amide bonds. The second-order valence-electron chi connectivity index (χ2n) is 7.82. The van der Waals surface area contributed by atoms with E-state index in [0.717, 1.165) is 31.4 Å². The molecule has 0 radical (unpaired) electrons. The Kier molecular flexibility index (Phi) is 5.82. The molecule has 0 aliphatic carbocycles. The van der Waals surface area contributed by atoms with Gasteiger partial charge in [0, 0.05) is 33.1 Å². The average Bonchev–Trinajstić information content (AvgIpc) is 2.70. The highest BCUT2D eigenvalue weighted by Crippen LogP contribution is 2.45. The van der Waals surface area contributed by atoms with E-state index in [9.17, 15) is 14.4 Å². The largest absolute Gasteiger partial charge is 0.469 e. The van der Waals surface area contributed by atoms with Gasteiger partial charge in [0.15, 0.2) is 0 Å². The van der Waals surface area contributed by atoms with Crippen LogP contribution in [-0.2, 0) is 19.1 Å². The van der Waals surface area contributed by atoms with Gasteiger partial charge in [-0.05, 0) is 30.2 Å². The van der Waals surface area contributed by atoms with Crippen LogP contribution in [0.3, 0.4) is 0 Å². The summed E-state index contributed by atoms with van der Waals surface area (Å²) in [6, 6.07) is 9.98. The van der Waals surface area contributed by atoms with Crippen LogP contribution in [0.25, 0.3) is 0 Å². The van der Waals surface area contributed by atoms with E-state index in [2.05, 4.69) is 4.74 Å². The number of likely N-dealkylation sites (N-methyl/N-ethyl adjacent to an activating group) is 1. The van der Waals surface area contributed by atoms with E-state index in [1.165, 1.54) is 7.11 Å². The van der Waals surface area contributed by atoms with Crippen LogP contribution in [0.1, 0.15) is 43.6 Å². The summed E-state index contributed by atoms with van der Waals surface area (Å²) >= 11 is 0. The molecule has 2 aliphatic rings. The molecule has 6 nitrogen and oxygen atoms in total. The van der Waals surface area contributed by atoms with Gasteiger partial charge in [0.2, 0.25) is 11.8 Å². The van der Waals surface area contributed by atoms with Crippen molar-refractivity contribution < 1.29 is 19.1 Å². The number of amides is 2. The molecule has 0 aromatic heterocycles. The molecular formula is C21H28N2O4. The Morgan fingerprint density at radius 3 is 2.44 bits per heavy atom. The van der Waals surface area contributed by atoms with E-state index >= 15 is 0 Å². The molecule has 1 spiro atoms. The standard InChI is InChI=1S/C21H28N2O4/c1-22-15-21(14-17(20(22)26)16-6-4-3-5-7-16)10-12-23(13-11-21)18(24)8-9-19(25)27-2/h3-7,17H,8-15H2,1-2H3/t17-/m0/s1. The van der Waals surface area contributed by atoms with Gasteiger partial charge in [-0.3, -0.25) is 14.4 Å². The normalized spacial score (nSPS) is 22.0. The van der Waals surface area contributed by atoms with Crippen LogP contribution in [0.4, 0.5) is 0 Å². The van der Waals surface area contributed by atoms with Gasteiger partial charge in [-0.25, -0.2) is 0 Å². The number of ether oxygens (including phenoxy) is 1. The Labute approximate surface area is 160 Å². The Bertz CT molecular complexity index is 695. The summed E-state index contributed by atoms with van der Waals surface area (Å²) in [5, 5.41) is 0. The minimum Gasteiger partial charge on any atom is -0.469 e. The third-order valence-electron chi connectivity index (χ3n) is 6.03. The first-order chi connectivity index (χ1) is 12.9. The molecule has 1 aromatic carbocycles. The van der Waals surface area contributed by atoms with E-state index in [0.29, 0.717) is 13.1 Å². The predicted octanol–water partition coefficient (Wildman–Crippen LogP) is 2.19. The molecule has 2 fully saturated rings. The Morgan fingerprint density at radius 1 is 1.15 bits per heavy atom. The molecule has 1 aromatic rings. The van der Waals surface area contributed by atoms with E-state index < -0.39 is 0 Å². The van der Waals surface area contributed by atoms with Crippen molar-refractivity contribution in [3.8, 4) is 0 Å². The molecule has 27 heavy (non-hydrogen) atoms.